The number of likely N-dealkylation sites (tertiary alicyclic amines) is 1. The van der Waals surface area contributed by atoms with Crippen LogP contribution in [0.3, 0.4) is 0 Å². The van der Waals surface area contributed by atoms with Crippen LogP contribution in [0.5, 0.6) is 0 Å². The van der Waals surface area contributed by atoms with Gasteiger partial charge in [0, 0.05) is 22.8 Å². The van der Waals surface area contributed by atoms with Gasteiger partial charge in [0.25, 0.3) is 5.91 Å². The molecular weight excluding hydrogens is 490 g/mol. The van der Waals surface area contributed by atoms with Gasteiger partial charge in [0.2, 0.25) is 17.9 Å². The van der Waals surface area contributed by atoms with E-state index < -0.39 is 16.9 Å². The van der Waals surface area contributed by atoms with Crippen molar-refractivity contribution < 1.29 is 18.8 Å². The number of fused-ring (bicyclic) bond motifs is 3. The molecule has 39 heavy (non-hydrogen) atoms. The second kappa shape index (κ2) is 8.51. The fourth-order valence-corrected chi connectivity index (χ4v) is 7.75. The van der Waals surface area contributed by atoms with Crippen LogP contribution in [0.25, 0.3) is 11.1 Å². The second-order valence-corrected chi connectivity index (χ2v) is 13.8. The fraction of sp³-hybridized carbons (Fsp3) is 0.500. The number of aromatic nitrogens is 1. The molecule has 204 valence electrons. The number of amides is 2. The van der Waals surface area contributed by atoms with E-state index in [1.54, 1.807) is 0 Å². The normalized spacial score (nSPS) is 32.7. The third kappa shape index (κ3) is 4.17. The molecule has 0 N–H and O–H groups in total. The maximum atomic E-state index is 14.2. The highest BCUT2D eigenvalue weighted by Crippen LogP contribution is 2.59. The Morgan fingerprint density at radius 1 is 0.949 bits per heavy atom. The number of carbonyl (C=O) groups is 2. The minimum absolute atomic E-state index is 0.147. The standard InChI is InChI=1S/C32H37N3O4/c1-29(2,3)25-23(20-12-8-7-9-13-20)24(39-34-25)26(36)35-19-30(4)16-31(5,18-32(6,17-30)28(35)37)27-33-21-14-10-11-15-22(21)38-27/h7-15,23-24H,16-19H2,1-6H3/t23-,24+,30-,31+,32-/m1/s1. The van der Waals surface area contributed by atoms with Crippen molar-refractivity contribution in [3.8, 4) is 0 Å². The van der Waals surface area contributed by atoms with Gasteiger partial charge in [0.15, 0.2) is 5.58 Å². The Morgan fingerprint density at radius 3 is 2.31 bits per heavy atom. The lowest BCUT2D eigenvalue weighted by Crippen LogP contribution is -2.63. The van der Waals surface area contributed by atoms with Crippen molar-refractivity contribution in [2.24, 2.45) is 21.4 Å². The molecule has 1 saturated heterocycles. The number of hydrogen-bond donors (Lipinski definition) is 0. The highest BCUT2D eigenvalue weighted by atomic mass is 16.6. The zero-order valence-electron chi connectivity index (χ0n) is 23.7. The number of rotatable bonds is 3. The Kier molecular flexibility index (Phi) is 5.62. The molecular formula is C32H37N3O4. The third-order valence-electron chi connectivity index (χ3n) is 8.82. The second-order valence-electron chi connectivity index (χ2n) is 13.8. The van der Waals surface area contributed by atoms with Crippen LogP contribution >= 0.6 is 0 Å². The number of oxime groups is 1. The molecule has 5 atom stereocenters. The van der Waals surface area contributed by atoms with Crippen molar-refractivity contribution in [1.29, 1.82) is 0 Å². The van der Waals surface area contributed by atoms with Gasteiger partial charge in [-0.15, -0.1) is 0 Å². The first-order chi connectivity index (χ1) is 18.3. The van der Waals surface area contributed by atoms with Crippen LogP contribution in [0.4, 0.5) is 0 Å². The van der Waals surface area contributed by atoms with Crippen LogP contribution in [-0.2, 0) is 19.8 Å². The average Bonchev–Trinajstić information content (AvgIpc) is 3.51. The molecule has 7 nitrogen and oxygen atoms in total. The molecule has 3 heterocycles. The van der Waals surface area contributed by atoms with E-state index >= 15 is 0 Å². The predicted molar refractivity (Wildman–Crippen MR) is 149 cm³/mol. The van der Waals surface area contributed by atoms with Crippen molar-refractivity contribution in [3.63, 3.8) is 0 Å². The number of hydrogen-bond acceptors (Lipinski definition) is 6. The summed E-state index contributed by atoms with van der Waals surface area (Å²) in [5.74, 6) is -0.134. The van der Waals surface area contributed by atoms with Crippen molar-refractivity contribution in [3.05, 3.63) is 66.1 Å². The van der Waals surface area contributed by atoms with Gasteiger partial charge in [-0.05, 0) is 42.4 Å². The number of imide groups is 1. The number of carbonyl (C=O) groups excluding carboxylic acids is 2. The molecule has 6 rings (SSSR count). The van der Waals surface area contributed by atoms with Gasteiger partial charge < -0.3 is 9.25 Å². The van der Waals surface area contributed by atoms with E-state index in [2.05, 4.69) is 39.8 Å². The molecule has 1 aliphatic carbocycles. The van der Waals surface area contributed by atoms with Crippen molar-refractivity contribution >= 4 is 28.6 Å². The monoisotopic (exact) mass is 527 g/mol. The minimum atomic E-state index is -0.875. The van der Waals surface area contributed by atoms with Crippen molar-refractivity contribution in [1.82, 2.24) is 9.88 Å². The van der Waals surface area contributed by atoms with E-state index in [-0.39, 0.29) is 28.6 Å². The van der Waals surface area contributed by atoms with Crippen molar-refractivity contribution in [2.75, 3.05) is 6.54 Å². The van der Waals surface area contributed by atoms with Gasteiger partial charge in [-0.3, -0.25) is 14.5 Å². The zero-order chi connectivity index (χ0) is 27.8. The summed E-state index contributed by atoms with van der Waals surface area (Å²) >= 11 is 0. The maximum absolute atomic E-state index is 14.2. The van der Waals surface area contributed by atoms with Gasteiger partial charge >= 0.3 is 0 Å². The summed E-state index contributed by atoms with van der Waals surface area (Å²) in [6.45, 7) is 12.9. The molecule has 0 radical (unpaired) electrons. The summed E-state index contributed by atoms with van der Waals surface area (Å²) < 4.78 is 6.23. The van der Waals surface area contributed by atoms with E-state index in [0.717, 1.165) is 35.2 Å². The van der Waals surface area contributed by atoms with E-state index in [0.29, 0.717) is 18.9 Å². The fourth-order valence-electron chi connectivity index (χ4n) is 7.75. The van der Waals surface area contributed by atoms with Gasteiger partial charge in [-0.25, -0.2) is 4.98 Å². The Labute approximate surface area is 229 Å². The van der Waals surface area contributed by atoms with Gasteiger partial charge in [-0.2, -0.15) is 0 Å². The molecule has 7 heteroatoms. The highest BCUT2D eigenvalue weighted by molar-refractivity contribution is 6.06. The topological polar surface area (TPSA) is 85.0 Å². The maximum Gasteiger partial charge on any atom is 0.274 e. The van der Waals surface area contributed by atoms with Gasteiger partial charge in [0.05, 0.1) is 11.6 Å². The first-order valence-corrected chi connectivity index (χ1v) is 13.8. The molecule has 1 aromatic heterocycles. The molecule has 2 bridgehead atoms. The first kappa shape index (κ1) is 25.8. The molecule has 2 fully saturated rings. The Hall–Kier alpha value is -3.48. The van der Waals surface area contributed by atoms with Crippen LogP contribution in [0.15, 0.2) is 64.2 Å². The van der Waals surface area contributed by atoms with E-state index in [1.165, 1.54) is 4.90 Å². The SMILES string of the molecule is CC(C)(C)C1=NO[C@H](C(=O)N2C[C@@]3(C)C[C@](C)(C[C@@](C)(c4nc5ccccc5o4)C3)C2=O)[C@H]1c1ccccc1. The number of oxazole rings is 1. The molecule has 1 saturated carbocycles. The summed E-state index contributed by atoms with van der Waals surface area (Å²) in [5, 5.41) is 4.41. The molecule has 3 aromatic rings. The molecule has 0 unspecified atom stereocenters. The lowest BCUT2D eigenvalue weighted by molar-refractivity contribution is -0.173. The Balaban J connectivity index is 1.32. The lowest BCUT2D eigenvalue weighted by Gasteiger charge is -2.56. The lowest BCUT2D eigenvalue weighted by atomic mass is 9.52. The molecule has 2 aliphatic heterocycles. The third-order valence-corrected chi connectivity index (χ3v) is 8.82. The van der Waals surface area contributed by atoms with Crippen LogP contribution in [-0.4, -0.2) is 40.1 Å². The summed E-state index contributed by atoms with van der Waals surface area (Å²) in [6.07, 6.45) is 1.16. The quantitative estimate of drug-likeness (QED) is 0.377. The number of para-hydroxylation sites is 2. The summed E-state index contributed by atoms with van der Waals surface area (Å²) in [6, 6.07) is 17.6. The number of nitrogens with zero attached hydrogens (tertiary/aromatic N) is 3. The molecule has 2 aromatic carbocycles. The van der Waals surface area contributed by atoms with Crippen LogP contribution in [0, 0.1) is 16.2 Å². The Morgan fingerprint density at radius 2 is 1.62 bits per heavy atom. The van der Waals surface area contributed by atoms with Crippen LogP contribution < -0.4 is 0 Å². The number of piperidine rings is 1. The highest BCUT2D eigenvalue weighted by Gasteiger charge is 2.61. The minimum Gasteiger partial charge on any atom is -0.440 e. The molecule has 2 amide bonds. The van der Waals surface area contributed by atoms with E-state index in [4.69, 9.17) is 14.2 Å². The first-order valence-electron chi connectivity index (χ1n) is 13.8. The van der Waals surface area contributed by atoms with Gasteiger partial charge in [-0.1, -0.05) is 89.2 Å². The van der Waals surface area contributed by atoms with Crippen LogP contribution in [0.1, 0.15) is 78.2 Å². The summed E-state index contributed by atoms with van der Waals surface area (Å²) in [5.41, 5.74) is 1.61. The number of benzene rings is 2. The molecule has 0 spiro atoms. The summed E-state index contributed by atoms with van der Waals surface area (Å²) in [7, 11) is 0. The van der Waals surface area contributed by atoms with E-state index in [9.17, 15) is 9.59 Å². The Bertz CT molecular complexity index is 1450. The predicted octanol–water partition coefficient (Wildman–Crippen LogP) is 6.24. The van der Waals surface area contributed by atoms with Crippen molar-refractivity contribution in [2.45, 2.75) is 78.2 Å². The largest absolute Gasteiger partial charge is 0.440 e. The molecule has 3 aliphatic rings. The van der Waals surface area contributed by atoms with Gasteiger partial charge in [0.1, 0.15) is 5.52 Å². The smallest absolute Gasteiger partial charge is 0.274 e. The van der Waals surface area contributed by atoms with E-state index in [1.807, 2.05) is 61.5 Å². The summed E-state index contributed by atoms with van der Waals surface area (Å²) in [4.78, 5) is 40.5. The van der Waals surface area contributed by atoms with Crippen LogP contribution in [0.2, 0.25) is 0 Å². The zero-order valence-corrected chi connectivity index (χ0v) is 23.7. The average molecular weight is 528 g/mol.